The van der Waals surface area contributed by atoms with Crippen LogP contribution in [-0.2, 0) is 4.79 Å². The van der Waals surface area contributed by atoms with Gasteiger partial charge >= 0.3 is 0 Å². The molecule has 5 rings (SSSR count). The van der Waals surface area contributed by atoms with Crippen LogP contribution in [0.3, 0.4) is 0 Å². The minimum atomic E-state index is -0.0256. The fraction of sp³-hybridized carbons (Fsp3) is 0.300. The second-order valence-electron chi connectivity index (χ2n) is 7.06. The molecule has 10 nitrogen and oxygen atoms in total. The first-order chi connectivity index (χ1) is 14.7. The molecule has 0 saturated heterocycles. The predicted molar refractivity (Wildman–Crippen MR) is 111 cm³/mol. The average molecular weight is 404 g/mol. The minimum Gasteiger partial charge on any atom is -0.492 e. The van der Waals surface area contributed by atoms with Gasteiger partial charge in [0.25, 0.3) is 0 Å². The van der Waals surface area contributed by atoms with Crippen LogP contribution in [0.2, 0.25) is 0 Å². The SMILES string of the molecule is CCOc1ccc2nc(-c3cnc(NC)c4nnc(NC(=O)C5CC5)cc34)nn2c1. The van der Waals surface area contributed by atoms with E-state index in [0.717, 1.165) is 18.2 Å². The van der Waals surface area contributed by atoms with Gasteiger partial charge in [0.1, 0.15) is 11.3 Å². The molecule has 152 valence electrons. The molecule has 1 amide bonds. The molecule has 0 unspecified atom stereocenters. The summed E-state index contributed by atoms with van der Waals surface area (Å²) < 4.78 is 7.21. The van der Waals surface area contributed by atoms with Crippen LogP contribution in [0.5, 0.6) is 5.75 Å². The number of carbonyl (C=O) groups is 1. The van der Waals surface area contributed by atoms with Crippen LogP contribution < -0.4 is 15.4 Å². The van der Waals surface area contributed by atoms with Gasteiger partial charge in [0.2, 0.25) is 5.91 Å². The summed E-state index contributed by atoms with van der Waals surface area (Å²) in [5.41, 5.74) is 1.96. The molecule has 4 aromatic rings. The quantitative estimate of drug-likeness (QED) is 0.503. The van der Waals surface area contributed by atoms with Crippen molar-refractivity contribution < 1.29 is 9.53 Å². The van der Waals surface area contributed by atoms with E-state index < -0.39 is 0 Å². The van der Waals surface area contributed by atoms with Gasteiger partial charge in [0.05, 0.1) is 12.8 Å². The Labute approximate surface area is 171 Å². The van der Waals surface area contributed by atoms with Crippen LogP contribution >= 0.6 is 0 Å². The molecule has 0 spiro atoms. The molecule has 4 aromatic heterocycles. The first-order valence-corrected chi connectivity index (χ1v) is 9.81. The summed E-state index contributed by atoms with van der Waals surface area (Å²) in [5, 5.41) is 19.6. The highest BCUT2D eigenvalue weighted by Gasteiger charge is 2.30. The van der Waals surface area contributed by atoms with Crippen molar-refractivity contribution in [3.05, 3.63) is 30.6 Å². The standard InChI is InChI=1S/C20H20N8O2/c1-3-30-12-6-7-16-24-18(27-28(16)10-12)14-9-22-19(21-2)17-13(14)8-15(25-26-17)23-20(29)11-4-5-11/h6-11H,3-5H2,1-2H3,(H,21,22)(H,23,25,29). The third kappa shape index (κ3) is 3.25. The van der Waals surface area contributed by atoms with Gasteiger partial charge in [-0.05, 0) is 38.0 Å². The fourth-order valence-electron chi connectivity index (χ4n) is 3.26. The molecule has 4 heterocycles. The number of ether oxygens (including phenoxy) is 1. The van der Waals surface area contributed by atoms with Crippen molar-refractivity contribution in [1.82, 2.24) is 29.8 Å². The van der Waals surface area contributed by atoms with Gasteiger partial charge in [0.15, 0.2) is 23.1 Å². The first-order valence-electron chi connectivity index (χ1n) is 9.81. The molecular weight excluding hydrogens is 384 g/mol. The monoisotopic (exact) mass is 404 g/mol. The summed E-state index contributed by atoms with van der Waals surface area (Å²) in [6, 6.07) is 5.49. The molecule has 1 aliphatic rings. The summed E-state index contributed by atoms with van der Waals surface area (Å²) >= 11 is 0. The summed E-state index contributed by atoms with van der Waals surface area (Å²) in [4.78, 5) is 21.2. The Balaban J connectivity index is 1.61. The Morgan fingerprint density at radius 2 is 2.17 bits per heavy atom. The molecule has 1 saturated carbocycles. The lowest BCUT2D eigenvalue weighted by molar-refractivity contribution is -0.117. The Morgan fingerprint density at radius 1 is 1.30 bits per heavy atom. The summed E-state index contributed by atoms with van der Waals surface area (Å²) in [6.45, 7) is 2.50. The molecule has 30 heavy (non-hydrogen) atoms. The zero-order valence-electron chi connectivity index (χ0n) is 16.6. The zero-order chi connectivity index (χ0) is 20.7. The molecule has 0 radical (unpaired) electrons. The fourth-order valence-corrected chi connectivity index (χ4v) is 3.26. The maximum Gasteiger partial charge on any atom is 0.228 e. The van der Waals surface area contributed by atoms with Crippen LogP contribution in [0.25, 0.3) is 27.9 Å². The van der Waals surface area contributed by atoms with E-state index in [0.29, 0.717) is 46.5 Å². The van der Waals surface area contributed by atoms with Gasteiger partial charge in [-0.3, -0.25) is 4.79 Å². The van der Waals surface area contributed by atoms with E-state index in [1.807, 2.05) is 19.1 Å². The Bertz CT molecular complexity index is 1260. The molecule has 1 fully saturated rings. The highest BCUT2D eigenvalue weighted by molar-refractivity contribution is 6.01. The third-order valence-corrected chi connectivity index (χ3v) is 4.92. The molecule has 0 aromatic carbocycles. The van der Waals surface area contributed by atoms with E-state index in [1.165, 1.54) is 0 Å². The minimum absolute atomic E-state index is 0.0256. The van der Waals surface area contributed by atoms with E-state index in [1.54, 1.807) is 30.0 Å². The van der Waals surface area contributed by atoms with Crippen LogP contribution in [0, 0.1) is 5.92 Å². The van der Waals surface area contributed by atoms with Crippen LogP contribution in [-0.4, -0.2) is 49.3 Å². The van der Waals surface area contributed by atoms with Crippen molar-refractivity contribution in [2.75, 3.05) is 24.3 Å². The highest BCUT2D eigenvalue weighted by Crippen LogP contribution is 2.32. The van der Waals surface area contributed by atoms with Gasteiger partial charge in [-0.1, -0.05) is 0 Å². The van der Waals surface area contributed by atoms with Crippen LogP contribution in [0.4, 0.5) is 11.6 Å². The van der Waals surface area contributed by atoms with E-state index in [-0.39, 0.29) is 11.8 Å². The van der Waals surface area contributed by atoms with E-state index in [9.17, 15) is 4.79 Å². The smallest absolute Gasteiger partial charge is 0.228 e. The molecule has 2 N–H and O–H groups in total. The van der Waals surface area contributed by atoms with Crippen molar-refractivity contribution >= 4 is 34.1 Å². The molecule has 0 atom stereocenters. The van der Waals surface area contributed by atoms with Gasteiger partial charge in [-0.15, -0.1) is 15.3 Å². The van der Waals surface area contributed by atoms with Gasteiger partial charge in [-0.2, -0.15) is 0 Å². The first kappa shape index (κ1) is 18.2. The number of hydrogen-bond donors (Lipinski definition) is 2. The summed E-state index contributed by atoms with van der Waals surface area (Å²) in [6.07, 6.45) is 5.32. The highest BCUT2D eigenvalue weighted by atomic mass is 16.5. The number of anilines is 2. The Morgan fingerprint density at radius 3 is 2.93 bits per heavy atom. The molecule has 10 heteroatoms. The number of hydrogen-bond acceptors (Lipinski definition) is 8. The number of rotatable bonds is 6. The maximum absolute atomic E-state index is 12.1. The average Bonchev–Trinajstić information content (AvgIpc) is 3.53. The van der Waals surface area contributed by atoms with Crippen molar-refractivity contribution in [3.63, 3.8) is 0 Å². The molecule has 0 bridgehead atoms. The van der Waals surface area contributed by atoms with Crippen molar-refractivity contribution in [1.29, 1.82) is 0 Å². The van der Waals surface area contributed by atoms with Crippen molar-refractivity contribution in [3.8, 4) is 17.1 Å². The number of nitrogens with one attached hydrogen (secondary N) is 2. The van der Waals surface area contributed by atoms with E-state index >= 15 is 0 Å². The molecule has 0 aliphatic heterocycles. The second kappa shape index (κ2) is 7.21. The Hall–Kier alpha value is -3.82. The molecular formula is C20H20N8O2. The molecule has 1 aliphatic carbocycles. The Kier molecular flexibility index (Phi) is 4.38. The number of nitrogens with zero attached hydrogens (tertiary/aromatic N) is 6. The maximum atomic E-state index is 12.1. The van der Waals surface area contributed by atoms with Crippen LogP contribution in [0.15, 0.2) is 30.6 Å². The van der Waals surface area contributed by atoms with Gasteiger partial charge in [0, 0.05) is 30.1 Å². The van der Waals surface area contributed by atoms with E-state index in [4.69, 9.17) is 4.74 Å². The van der Waals surface area contributed by atoms with Crippen molar-refractivity contribution in [2.45, 2.75) is 19.8 Å². The number of fused-ring (bicyclic) bond motifs is 2. The normalized spacial score (nSPS) is 13.5. The second-order valence-corrected chi connectivity index (χ2v) is 7.06. The largest absolute Gasteiger partial charge is 0.492 e. The summed E-state index contributed by atoms with van der Waals surface area (Å²) in [5.74, 6) is 2.25. The zero-order valence-corrected chi connectivity index (χ0v) is 16.6. The van der Waals surface area contributed by atoms with Crippen molar-refractivity contribution in [2.24, 2.45) is 5.92 Å². The number of pyridine rings is 2. The lowest BCUT2D eigenvalue weighted by Gasteiger charge is -2.09. The van der Waals surface area contributed by atoms with E-state index in [2.05, 4.69) is 35.9 Å². The van der Waals surface area contributed by atoms with Gasteiger partial charge in [-0.25, -0.2) is 14.5 Å². The number of carbonyl (C=O) groups excluding carboxylic acids is 1. The third-order valence-electron chi connectivity index (χ3n) is 4.92. The summed E-state index contributed by atoms with van der Waals surface area (Å²) in [7, 11) is 1.77. The lowest BCUT2D eigenvalue weighted by atomic mass is 10.1. The van der Waals surface area contributed by atoms with Gasteiger partial charge < -0.3 is 15.4 Å². The number of aromatic nitrogens is 6. The lowest BCUT2D eigenvalue weighted by Crippen LogP contribution is -2.15. The topological polar surface area (TPSA) is 119 Å². The predicted octanol–water partition coefficient (Wildman–Crippen LogP) is 2.52. The van der Waals surface area contributed by atoms with Crippen LogP contribution in [0.1, 0.15) is 19.8 Å². The number of amides is 1.